The third-order valence-corrected chi connectivity index (χ3v) is 11.1. The van der Waals surface area contributed by atoms with Gasteiger partial charge >= 0.3 is 23.8 Å². The number of likely N-dealkylation sites (N-methyl/N-ethyl adjacent to an activating group) is 1. The van der Waals surface area contributed by atoms with Crippen molar-refractivity contribution in [2.45, 2.75) is 42.1 Å². The van der Waals surface area contributed by atoms with Gasteiger partial charge in [-0.25, -0.2) is 14.8 Å². The Balaban J connectivity index is 1.25. The number of piperazine rings is 1. The van der Waals surface area contributed by atoms with Gasteiger partial charge in [0.2, 0.25) is 12.3 Å². The summed E-state index contributed by atoms with van der Waals surface area (Å²) in [5, 5.41) is 21.6. The van der Waals surface area contributed by atoms with Crippen LogP contribution >= 0.6 is 34.9 Å². The highest BCUT2D eigenvalue weighted by atomic mass is 32.2. The summed E-state index contributed by atoms with van der Waals surface area (Å²) in [5.74, 6) is -4.14. The molecule has 5 amide bonds. The van der Waals surface area contributed by atoms with Crippen LogP contribution in [-0.2, 0) is 40.0 Å². The fraction of sp³-hybridized carbons (Fsp3) is 0.370. The van der Waals surface area contributed by atoms with Crippen LogP contribution in [0.15, 0.2) is 33.3 Å². The van der Waals surface area contributed by atoms with Crippen molar-refractivity contribution in [1.29, 1.82) is 0 Å². The summed E-state index contributed by atoms with van der Waals surface area (Å²) in [6.45, 7) is 2.96. The molecule has 5 heterocycles. The summed E-state index contributed by atoms with van der Waals surface area (Å²) in [5.41, 5.74) is 2.67. The van der Waals surface area contributed by atoms with Gasteiger partial charge in [-0.1, -0.05) is 29.2 Å². The minimum absolute atomic E-state index is 0.0694. The molecule has 6 rings (SSSR count). The minimum atomic E-state index is -1.25. The molecule has 1 aromatic heterocycles. The van der Waals surface area contributed by atoms with Crippen molar-refractivity contribution in [3.8, 4) is 5.75 Å². The predicted octanol–water partition coefficient (Wildman–Crippen LogP) is 0.160. The largest absolute Gasteiger partial charge is 0.477 e. The molecule has 0 aliphatic carbocycles. The number of β-lactam (4-membered cyclic amide) rings is 1. The molecule has 4 aliphatic rings. The van der Waals surface area contributed by atoms with Crippen LogP contribution in [0.3, 0.4) is 0 Å². The SMILES string of the molecule is CCN1C(=O)C(=O)N2CC1c1c(OC(C)=O)ccc(CC(=O)NC3C(=O)N4C(C(=O)O)=C(CSc5nncs5)CS[C@@H]34)c1N2C=O. The highest BCUT2D eigenvalue weighted by molar-refractivity contribution is 8.01. The number of anilines is 1. The zero-order valence-corrected chi connectivity index (χ0v) is 26.6. The molecule has 2 saturated heterocycles. The van der Waals surface area contributed by atoms with Gasteiger partial charge in [-0.2, -0.15) is 0 Å². The zero-order chi connectivity index (χ0) is 32.9. The molecule has 1 aromatic carbocycles. The number of carboxylic acid groups (broad SMARTS) is 1. The molecular weight excluding hydrogens is 663 g/mol. The highest BCUT2D eigenvalue weighted by Crippen LogP contribution is 2.47. The number of esters is 1. The second-order valence-corrected chi connectivity index (χ2v) is 13.6. The standard InChI is InChI=1S/C27H25N7O9S3/c1-3-31-15-7-32(24(40)23(31)39)33(11-35)20-13(4-5-16(18(15)20)43-12(2)36)6-17(37)29-19-22(38)34-21(26(41)42)14(8-44-25(19)34)9-45-27-30-28-10-46-27/h4-5,10-11,15,19,25H,3,6-9H2,1-2H3,(H,29,37)(H,41,42)/t15?,19?,25-/m0/s1. The number of hydrogen-bond donors (Lipinski definition) is 2. The molecular formula is C27H25N7O9S3. The lowest BCUT2D eigenvalue weighted by atomic mass is 9.92. The van der Waals surface area contributed by atoms with E-state index >= 15 is 0 Å². The Kier molecular flexibility index (Phi) is 8.47. The molecule has 2 unspecified atom stereocenters. The number of aromatic nitrogens is 2. The lowest BCUT2D eigenvalue weighted by Crippen LogP contribution is -2.70. The molecule has 19 heteroatoms. The van der Waals surface area contributed by atoms with E-state index in [-0.39, 0.29) is 47.8 Å². The molecule has 0 saturated carbocycles. The van der Waals surface area contributed by atoms with Crippen molar-refractivity contribution in [3.63, 3.8) is 0 Å². The predicted molar refractivity (Wildman–Crippen MR) is 162 cm³/mol. The molecule has 0 spiro atoms. The van der Waals surface area contributed by atoms with Crippen molar-refractivity contribution >= 4 is 82.5 Å². The average molecular weight is 688 g/mol. The number of nitrogens with zero attached hydrogens (tertiary/aromatic N) is 6. The van der Waals surface area contributed by atoms with Gasteiger partial charge in [0, 0.05) is 30.5 Å². The van der Waals surface area contributed by atoms with Crippen molar-refractivity contribution in [2.75, 3.05) is 29.6 Å². The minimum Gasteiger partial charge on any atom is -0.477 e. The van der Waals surface area contributed by atoms with E-state index in [9.17, 15) is 38.7 Å². The number of hydrazine groups is 1. The van der Waals surface area contributed by atoms with Gasteiger partial charge in [-0.05, 0) is 24.1 Å². The fourth-order valence-corrected chi connectivity index (χ4v) is 8.90. The number of benzene rings is 1. The maximum Gasteiger partial charge on any atom is 0.352 e. The monoisotopic (exact) mass is 687 g/mol. The molecule has 240 valence electrons. The number of fused-ring (bicyclic) bond motifs is 5. The quantitative estimate of drug-likeness (QED) is 0.0856. The first-order chi connectivity index (χ1) is 22.0. The third-order valence-electron chi connectivity index (χ3n) is 7.80. The van der Waals surface area contributed by atoms with Crippen LogP contribution in [0.1, 0.15) is 31.0 Å². The maximum absolute atomic E-state index is 13.4. The number of ether oxygens (including phenoxy) is 1. The average Bonchev–Trinajstić information content (AvgIpc) is 3.55. The highest BCUT2D eigenvalue weighted by Gasteiger charge is 2.54. The third kappa shape index (κ3) is 5.26. The second-order valence-electron chi connectivity index (χ2n) is 10.4. The number of carbonyl (C=O) groups excluding carboxylic acids is 6. The summed E-state index contributed by atoms with van der Waals surface area (Å²) in [6.07, 6.45) is -0.0121. The van der Waals surface area contributed by atoms with Crippen LogP contribution in [0.2, 0.25) is 0 Å². The van der Waals surface area contributed by atoms with Gasteiger partial charge in [-0.3, -0.25) is 33.7 Å². The van der Waals surface area contributed by atoms with Crippen LogP contribution in [0, 0.1) is 0 Å². The second kappa shape index (κ2) is 12.4. The lowest BCUT2D eigenvalue weighted by Gasteiger charge is -2.49. The topological polar surface area (TPSA) is 200 Å². The Labute approximate surface area is 273 Å². The first kappa shape index (κ1) is 31.5. The lowest BCUT2D eigenvalue weighted by molar-refractivity contribution is -0.161. The van der Waals surface area contributed by atoms with E-state index in [4.69, 9.17) is 4.74 Å². The van der Waals surface area contributed by atoms with E-state index < -0.39 is 53.0 Å². The van der Waals surface area contributed by atoms with Gasteiger partial charge < -0.3 is 20.1 Å². The summed E-state index contributed by atoms with van der Waals surface area (Å²) in [4.78, 5) is 91.4. The van der Waals surface area contributed by atoms with E-state index in [1.807, 2.05) is 0 Å². The summed E-state index contributed by atoms with van der Waals surface area (Å²) < 4.78 is 6.08. The van der Waals surface area contributed by atoms with E-state index in [1.165, 1.54) is 63.7 Å². The number of nitrogens with one attached hydrogen (secondary N) is 1. The zero-order valence-electron chi connectivity index (χ0n) is 24.2. The van der Waals surface area contributed by atoms with Gasteiger partial charge in [0.1, 0.15) is 28.4 Å². The van der Waals surface area contributed by atoms with Gasteiger partial charge in [0.05, 0.1) is 24.7 Å². The summed E-state index contributed by atoms with van der Waals surface area (Å²) in [7, 11) is 0. The fourth-order valence-electron chi connectivity index (χ4n) is 5.93. The van der Waals surface area contributed by atoms with Crippen LogP contribution in [0.5, 0.6) is 5.75 Å². The van der Waals surface area contributed by atoms with Crippen molar-refractivity contribution < 1.29 is 43.4 Å². The van der Waals surface area contributed by atoms with Crippen LogP contribution < -0.4 is 15.1 Å². The van der Waals surface area contributed by atoms with Crippen molar-refractivity contribution in [2.24, 2.45) is 0 Å². The Hall–Kier alpha value is -4.49. The number of amides is 5. The van der Waals surface area contributed by atoms with E-state index in [1.54, 1.807) is 12.4 Å². The molecule has 4 aliphatic heterocycles. The van der Waals surface area contributed by atoms with E-state index in [0.717, 1.165) is 10.0 Å². The molecule has 46 heavy (non-hydrogen) atoms. The van der Waals surface area contributed by atoms with E-state index in [2.05, 4.69) is 15.5 Å². The number of carboxylic acids is 1. The molecule has 2 aromatic rings. The number of hydrogen-bond acceptors (Lipinski definition) is 13. The first-order valence-corrected chi connectivity index (χ1v) is 16.8. The Morgan fingerprint density at radius 1 is 1.22 bits per heavy atom. The van der Waals surface area contributed by atoms with Gasteiger partial charge in [0.25, 0.3) is 5.91 Å². The van der Waals surface area contributed by atoms with Crippen LogP contribution in [0.25, 0.3) is 0 Å². The Morgan fingerprint density at radius 3 is 2.65 bits per heavy atom. The number of thioether (sulfide) groups is 2. The summed E-state index contributed by atoms with van der Waals surface area (Å²) >= 11 is 3.97. The number of carbonyl (C=O) groups is 7. The molecule has 3 atom stereocenters. The maximum atomic E-state index is 13.4. The van der Waals surface area contributed by atoms with Crippen LogP contribution in [-0.4, -0.2) is 108 Å². The molecule has 2 fully saturated rings. The molecule has 2 N–H and O–H groups in total. The molecule has 16 nitrogen and oxygen atoms in total. The number of rotatable bonds is 10. The Morgan fingerprint density at radius 2 is 2.00 bits per heavy atom. The van der Waals surface area contributed by atoms with Gasteiger partial charge in [0.15, 0.2) is 4.34 Å². The molecule has 0 radical (unpaired) electrons. The van der Waals surface area contributed by atoms with E-state index in [0.29, 0.717) is 27.8 Å². The van der Waals surface area contributed by atoms with Crippen molar-refractivity contribution in [3.05, 3.63) is 40.0 Å². The first-order valence-electron chi connectivity index (χ1n) is 13.8. The van der Waals surface area contributed by atoms with Gasteiger partial charge in [-0.15, -0.1) is 22.0 Å². The van der Waals surface area contributed by atoms with Crippen molar-refractivity contribution in [1.82, 2.24) is 30.3 Å². The summed E-state index contributed by atoms with van der Waals surface area (Å²) in [6, 6.07) is 1.16. The Bertz CT molecular complexity index is 1720. The van der Waals surface area contributed by atoms with Crippen LogP contribution in [0.4, 0.5) is 5.69 Å². The smallest absolute Gasteiger partial charge is 0.352 e. The number of aliphatic carboxylic acids is 1. The normalized spacial score (nSPS) is 21.9. The molecule has 2 bridgehead atoms.